The Morgan fingerprint density at radius 3 is 2.77 bits per heavy atom. The maximum absolute atomic E-state index is 12.6. The van der Waals surface area contributed by atoms with Gasteiger partial charge in [0, 0.05) is 6.08 Å². The number of hydrogen-bond donors (Lipinski definition) is 2. The summed E-state index contributed by atoms with van der Waals surface area (Å²) in [5.74, 6) is 0.932. The van der Waals surface area contributed by atoms with Crippen molar-refractivity contribution in [2.24, 2.45) is 11.8 Å². The lowest BCUT2D eigenvalue weighted by Gasteiger charge is -2.32. The molecule has 1 amide bonds. The molecule has 0 radical (unpaired) electrons. The molecule has 1 saturated heterocycles. The van der Waals surface area contributed by atoms with E-state index in [1.165, 1.54) is 11.8 Å². The van der Waals surface area contributed by atoms with Crippen LogP contribution >= 0.6 is 11.8 Å². The van der Waals surface area contributed by atoms with Crippen LogP contribution < -0.4 is 10.6 Å². The fourth-order valence-electron chi connectivity index (χ4n) is 4.34. The van der Waals surface area contributed by atoms with Crippen molar-refractivity contribution in [1.82, 2.24) is 25.6 Å². The molecule has 1 saturated carbocycles. The van der Waals surface area contributed by atoms with Crippen molar-refractivity contribution < 1.29 is 4.79 Å². The van der Waals surface area contributed by atoms with Crippen LogP contribution in [0.4, 0.5) is 0 Å². The fraction of sp³-hybridized carbons (Fsp3) is 0.636. The SMILES string of the molecule is C/C=C\S/C=C/C(=O)N[C@H](c1cn(C2(C#N)CCNCC2)nn1)C1CCC(C)CC1. The molecule has 2 N–H and O–H groups in total. The van der Waals surface area contributed by atoms with Crippen molar-refractivity contribution in [3.05, 3.63) is 34.9 Å². The summed E-state index contributed by atoms with van der Waals surface area (Å²) >= 11 is 1.47. The van der Waals surface area contributed by atoms with E-state index in [2.05, 4.69) is 33.9 Å². The highest BCUT2D eigenvalue weighted by Crippen LogP contribution is 2.37. The number of carbonyl (C=O) groups excluding carboxylic acids is 1. The molecule has 7 nitrogen and oxygen atoms in total. The van der Waals surface area contributed by atoms with E-state index in [1.807, 2.05) is 24.6 Å². The number of nitrogens with one attached hydrogen (secondary N) is 2. The summed E-state index contributed by atoms with van der Waals surface area (Å²) in [5.41, 5.74) is 0.0976. The molecule has 2 heterocycles. The molecule has 0 bridgehead atoms. The first kappa shape index (κ1) is 22.6. The molecular formula is C22H32N6OS. The second kappa shape index (κ2) is 10.8. The number of nitriles is 1. The zero-order valence-electron chi connectivity index (χ0n) is 17.9. The second-order valence-corrected chi connectivity index (χ2v) is 9.21. The predicted octanol–water partition coefficient (Wildman–Crippen LogP) is 3.64. The van der Waals surface area contributed by atoms with Gasteiger partial charge in [0.2, 0.25) is 5.91 Å². The fourth-order valence-corrected chi connectivity index (χ4v) is 4.79. The van der Waals surface area contributed by atoms with Crippen LogP contribution in [0.25, 0.3) is 0 Å². The lowest BCUT2D eigenvalue weighted by molar-refractivity contribution is -0.117. The molecule has 2 aliphatic rings. The highest BCUT2D eigenvalue weighted by atomic mass is 32.2. The van der Waals surface area contributed by atoms with Crippen molar-refractivity contribution in [3.63, 3.8) is 0 Å². The molecule has 0 unspecified atom stereocenters. The van der Waals surface area contributed by atoms with Crippen molar-refractivity contribution in [2.75, 3.05) is 13.1 Å². The summed E-state index contributed by atoms with van der Waals surface area (Å²) in [6.45, 7) is 5.81. The maximum atomic E-state index is 12.6. The Kier molecular flexibility index (Phi) is 8.11. The summed E-state index contributed by atoms with van der Waals surface area (Å²) in [7, 11) is 0. The number of nitrogens with zero attached hydrogens (tertiary/aromatic N) is 4. The summed E-state index contributed by atoms with van der Waals surface area (Å²) in [6.07, 6.45) is 11.2. The van der Waals surface area contributed by atoms with E-state index >= 15 is 0 Å². The maximum Gasteiger partial charge on any atom is 0.245 e. The third-order valence-electron chi connectivity index (χ3n) is 6.25. The quantitative estimate of drug-likeness (QED) is 0.644. The van der Waals surface area contributed by atoms with Gasteiger partial charge >= 0.3 is 0 Å². The molecule has 30 heavy (non-hydrogen) atoms. The molecule has 0 aromatic carbocycles. The van der Waals surface area contributed by atoms with Gasteiger partial charge in [-0.2, -0.15) is 5.26 Å². The number of thioether (sulfide) groups is 1. The third kappa shape index (κ3) is 5.52. The van der Waals surface area contributed by atoms with Crippen LogP contribution in [-0.4, -0.2) is 34.0 Å². The molecule has 0 spiro atoms. The van der Waals surface area contributed by atoms with Gasteiger partial charge in [0.1, 0.15) is 5.69 Å². The Labute approximate surface area is 183 Å². The van der Waals surface area contributed by atoms with Crippen molar-refractivity contribution in [2.45, 2.75) is 64.0 Å². The predicted molar refractivity (Wildman–Crippen MR) is 119 cm³/mol. The van der Waals surface area contributed by atoms with Gasteiger partial charge in [0.05, 0.1) is 18.3 Å². The molecular weight excluding hydrogens is 396 g/mol. The first-order valence-electron chi connectivity index (χ1n) is 10.9. The Morgan fingerprint density at radius 2 is 2.10 bits per heavy atom. The normalized spacial score (nSPS) is 25.2. The first-order valence-corrected chi connectivity index (χ1v) is 11.8. The summed E-state index contributed by atoms with van der Waals surface area (Å²) in [5, 5.41) is 28.8. The van der Waals surface area contributed by atoms with Crippen LogP contribution in [0.15, 0.2) is 29.2 Å². The molecule has 1 aromatic heterocycles. The van der Waals surface area contributed by atoms with Gasteiger partial charge < -0.3 is 10.6 Å². The van der Waals surface area contributed by atoms with Crippen LogP contribution in [0, 0.1) is 23.2 Å². The van der Waals surface area contributed by atoms with Gasteiger partial charge in [-0.15, -0.1) is 16.9 Å². The van der Waals surface area contributed by atoms with Crippen molar-refractivity contribution in [3.8, 4) is 6.07 Å². The van der Waals surface area contributed by atoms with E-state index in [1.54, 1.807) is 16.2 Å². The molecule has 162 valence electrons. The standard InChI is InChI=1S/C22H32N6OS/c1-3-13-30-14-8-20(29)25-21(18-6-4-17(2)5-7-18)19-15-28(27-26-19)22(16-23)9-11-24-12-10-22/h3,8,13-15,17-18,21,24H,4-7,9-12H2,1-2H3,(H,25,29)/b13-3-,14-8+/t17?,18?,21-/m0/s1. The number of rotatable bonds is 7. The summed E-state index contributed by atoms with van der Waals surface area (Å²) in [6, 6.07) is 2.28. The van der Waals surface area contributed by atoms with Crippen LogP contribution in [0.3, 0.4) is 0 Å². The van der Waals surface area contributed by atoms with Gasteiger partial charge in [0.25, 0.3) is 0 Å². The average molecular weight is 429 g/mol. The Morgan fingerprint density at radius 1 is 1.37 bits per heavy atom. The van der Waals surface area contributed by atoms with Crippen LogP contribution in [-0.2, 0) is 10.3 Å². The third-order valence-corrected chi connectivity index (χ3v) is 6.97. The molecule has 1 aliphatic heterocycles. The zero-order valence-corrected chi connectivity index (χ0v) is 18.7. The number of piperidine rings is 1. The van der Waals surface area contributed by atoms with Gasteiger partial charge in [-0.25, -0.2) is 4.68 Å². The lowest BCUT2D eigenvalue weighted by atomic mass is 9.78. The minimum atomic E-state index is -0.658. The topological polar surface area (TPSA) is 95.6 Å². The first-order chi connectivity index (χ1) is 14.6. The van der Waals surface area contributed by atoms with E-state index in [0.29, 0.717) is 18.8 Å². The van der Waals surface area contributed by atoms with E-state index in [9.17, 15) is 10.1 Å². The van der Waals surface area contributed by atoms with Gasteiger partial charge in [-0.05, 0) is 68.3 Å². The Bertz CT molecular complexity index is 797. The monoisotopic (exact) mass is 428 g/mol. The minimum Gasteiger partial charge on any atom is -0.344 e. The van der Waals surface area contributed by atoms with Crippen molar-refractivity contribution in [1.29, 1.82) is 5.26 Å². The summed E-state index contributed by atoms with van der Waals surface area (Å²) < 4.78 is 1.73. The number of hydrogen-bond acceptors (Lipinski definition) is 6. The number of carbonyl (C=O) groups is 1. The van der Waals surface area contributed by atoms with E-state index in [0.717, 1.165) is 50.4 Å². The smallest absolute Gasteiger partial charge is 0.245 e. The molecule has 1 atom stereocenters. The molecule has 3 rings (SSSR count). The highest BCUT2D eigenvalue weighted by molar-refractivity contribution is 8.04. The molecule has 1 aromatic rings. The number of amides is 1. The summed E-state index contributed by atoms with van der Waals surface area (Å²) in [4.78, 5) is 12.6. The molecule has 1 aliphatic carbocycles. The Hall–Kier alpha value is -2.11. The van der Waals surface area contributed by atoms with E-state index in [-0.39, 0.29) is 11.9 Å². The largest absolute Gasteiger partial charge is 0.344 e. The van der Waals surface area contributed by atoms with Crippen molar-refractivity contribution >= 4 is 17.7 Å². The zero-order chi connectivity index (χ0) is 21.4. The van der Waals surface area contributed by atoms with E-state index < -0.39 is 5.54 Å². The van der Waals surface area contributed by atoms with Crippen LogP contribution in [0.1, 0.15) is 64.1 Å². The highest BCUT2D eigenvalue weighted by Gasteiger charge is 2.37. The van der Waals surface area contributed by atoms with Gasteiger partial charge in [-0.1, -0.05) is 31.1 Å². The second-order valence-electron chi connectivity index (χ2n) is 8.40. The number of aromatic nitrogens is 3. The minimum absolute atomic E-state index is 0.123. The van der Waals surface area contributed by atoms with Crippen LogP contribution in [0.2, 0.25) is 0 Å². The van der Waals surface area contributed by atoms with Gasteiger partial charge in [-0.3, -0.25) is 4.79 Å². The lowest BCUT2D eigenvalue weighted by Crippen LogP contribution is -2.43. The van der Waals surface area contributed by atoms with Gasteiger partial charge in [0.15, 0.2) is 5.54 Å². The van der Waals surface area contributed by atoms with Crippen LogP contribution in [0.5, 0.6) is 0 Å². The Balaban J connectivity index is 1.80. The molecule has 8 heteroatoms. The molecule has 2 fully saturated rings. The number of allylic oxidation sites excluding steroid dienone is 1. The van der Waals surface area contributed by atoms with E-state index in [4.69, 9.17) is 0 Å². The average Bonchev–Trinajstić information content (AvgIpc) is 3.27.